The monoisotopic (exact) mass is 530 g/mol. The third kappa shape index (κ3) is 4.88. The average molecular weight is 531 g/mol. The Labute approximate surface area is 220 Å². The summed E-state index contributed by atoms with van der Waals surface area (Å²) >= 11 is 6.14. The smallest absolute Gasteiger partial charge is 0.261 e. The van der Waals surface area contributed by atoms with E-state index in [1.165, 1.54) is 24.3 Å². The summed E-state index contributed by atoms with van der Waals surface area (Å²) in [6.07, 6.45) is 0.524. The van der Waals surface area contributed by atoms with Gasteiger partial charge in [0.05, 0.1) is 10.6 Å². The van der Waals surface area contributed by atoms with Crippen molar-refractivity contribution in [2.75, 3.05) is 9.62 Å². The van der Waals surface area contributed by atoms with Crippen molar-refractivity contribution in [1.82, 2.24) is 0 Å². The molecule has 0 aliphatic carbocycles. The number of carbonyl (C=O) groups excluding carboxylic acids is 2. The summed E-state index contributed by atoms with van der Waals surface area (Å²) in [6, 6.07) is 26.6. The molecule has 1 aliphatic heterocycles. The number of anilines is 2. The Bertz CT molecular complexity index is 1610. The first-order valence-corrected chi connectivity index (χ1v) is 13.5. The summed E-state index contributed by atoms with van der Waals surface area (Å²) in [4.78, 5) is 28.0. The Kier molecular flexibility index (Phi) is 6.58. The molecule has 8 heteroatoms. The summed E-state index contributed by atoms with van der Waals surface area (Å²) in [6.45, 7) is 1.93. The van der Waals surface area contributed by atoms with Gasteiger partial charge in [-0.1, -0.05) is 60.1 Å². The summed E-state index contributed by atoms with van der Waals surface area (Å²) in [5.74, 6) is -0.482. The van der Waals surface area contributed by atoms with E-state index in [4.69, 9.17) is 11.6 Å². The largest absolute Gasteiger partial charge is 0.305 e. The number of fused-ring (bicyclic) bond motifs is 1. The minimum Gasteiger partial charge on any atom is -0.305 e. The summed E-state index contributed by atoms with van der Waals surface area (Å²) in [5, 5.41) is 0.317. The maximum atomic E-state index is 13.4. The number of hydrogen-bond donors (Lipinski definition) is 1. The molecule has 5 rings (SSSR count). The van der Waals surface area contributed by atoms with Crippen molar-refractivity contribution in [2.24, 2.45) is 0 Å². The van der Waals surface area contributed by atoms with Crippen LogP contribution in [-0.4, -0.2) is 26.2 Å². The molecule has 6 nitrogen and oxygen atoms in total. The van der Waals surface area contributed by atoms with Crippen molar-refractivity contribution in [3.8, 4) is 0 Å². The van der Waals surface area contributed by atoms with Crippen molar-refractivity contribution in [3.63, 3.8) is 0 Å². The highest BCUT2D eigenvalue weighted by molar-refractivity contribution is 7.92. The van der Waals surface area contributed by atoms with Gasteiger partial charge in [0, 0.05) is 33.4 Å². The van der Waals surface area contributed by atoms with E-state index in [-0.39, 0.29) is 33.9 Å². The van der Waals surface area contributed by atoms with Crippen LogP contribution in [-0.2, 0) is 16.4 Å². The second kappa shape index (κ2) is 9.84. The quantitative estimate of drug-likeness (QED) is 0.312. The van der Waals surface area contributed by atoms with Crippen molar-refractivity contribution in [3.05, 3.63) is 124 Å². The van der Waals surface area contributed by atoms with Crippen LogP contribution in [0.3, 0.4) is 0 Å². The molecule has 1 amide bonds. The number of amides is 1. The maximum absolute atomic E-state index is 13.4. The molecule has 0 saturated carbocycles. The Hall–Kier alpha value is -3.94. The number of rotatable bonds is 6. The highest BCUT2D eigenvalue weighted by Gasteiger charge is 2.33. The van der Waals surface area contributed by atoms with Gasteiger partial charge in [-0.25, -0.2) is 8.42 Å². The van der Waals surface area contributed by atoms with Gasteiger partial charge in [-0.3, -0.25) is 14.3 Å². The molecule has 186 valence electrons. The Morgan fingerprint density at radius 3 is 2.19 bits per heavy atom. The van der Waals surface area contributed by atoms with Gasteiger partial charge in [0.25, 0.3) is 15.9 Å². The molecule has 0 bridgehead atoms. The lowest BCUT2D eigenvalue weighted by Gasteiger charge is -2.23. The molecular weight excluding hydrogens is 508 g/mol. The van der Waals surface area contributed by atoms with Crippen LogP contribution in [0.15, 0.2) is 102 Å². The van der Waals surface area contributed by atoms with Crippen molar-refractivity contribution < 1.29 is 18.0 Å². The van der Waals surface area contributed by atoms with Crippen LogP contribution in [0.4, 0.5) is 11.4 Å². The fourth-order valence-corrected chi connectivity index (χ4v) is 5.85. The van der Waals surface area contributed by atoms with E-state index in [0.717, 1.165) is 5.56 Å². The van der Waals surface area contributed by atoms with Crippen molar-refractivity contribution in [2.45, 2.75) is 24.3 Å². The van der Waals surface area contributed by atoms with Crippen molar-refractivity contribution >= 4 is 44.7 Å². The zero-order chi connectivity index (χ0) is 26.2. The van der Waals surface area contributed by atoms with E-state index in [1.807, 2.05) is 25.1 Å². The minimum atomic E-state index is -4.04. The van der Waals surface area contributed by atoms with E-state index < -0.39 is 10.0 Å². The molecule has 0 unspecified atom stereocenters. The van der Waals surface area contributed by atoms with E-state index in [2.05, 4.69) is 4.72 Å². The fraction of sp³-hybridized carbons (Fsp3) is 0.103. The van der Waals surface area contributed by atoms with Crippen LogP contribution in [0.2, 0.25) is 5.02 Å². The van der Waals surface area contributed by atoms with Crippen LogP contribution in [0.5, 0.6) is 0 Å². The SMILES string of the molecule is C[C@@H]1Cc2cc(S(=O)(=O)Nc3ccc(Cl)cc3C(=O)c3ccccc3)ccc2N1C(=O)c1ccccc1. The summed E-state index contributed by atoms with van der Waals surface area (Å²) in [5.41, 5.74) is 2.71. The molecular formula is C29H23ClN2O4S. The zero-order valence-electron chi connectivity index (χ0n) is 19.9. The number of nitrogens with one attached hydrogen (secondary N) is 1. The summed E-state index contributed by atoms with van der Waals surface area (Å²) in [7, 11) is -4.04. The fourth-order valence-electron chi connectivity index (χ4n) is 4.55. The molecule has 4 aromatic rings. The van der Waals surface area contributed by atoms with Crippen LogP contribution in [0.25, 0.3) is 0 Å². The zero-order valence-corrected chi connectivity index (χ0v) is 21.5. The molecule has 0 spiro atoms. The lowest BCUT2D eigenvalue weighted by Crippen LogP contribution is -2.35. The molecule has 0 saturated heterocycles. The number of hydrogen-bond acceptors (Lipinski definition) is 4. The predicted octanol–water partition coefficient (Wildman–Crippen LogP) is 5.96. The Morgan fingerprint density at radius 2 is 1.51 bits per heavy atom. The number of benzene rings is 4. The highest BCUT2D eigenvalue weighted by atomic mass is 35.5. The first kappa shape index (κ1) is 24.7. The van der Waals surface area contributed by atoms with Gasteiger partial charge in [-0.05, 0) is 67.4 Å². The Balaban J connectivity index is 1.46. The summed E-state index contributed by atoms with van der Waals surface area (Å²) < 4.78 is 29.3. The first-order chi connectivity index (χ1) is 17.7. The van der Waals surface area contributed by atoms with Gasteiger partial charge in [-0.15, -0.1) is 0 Å². The molecule has 0 radical (unpaired) electrons. The average Bonchev–Trinajstić information content (AvgIpc) is 3.24. The highest BCUT2D eigenvalue weighted by Crippen LogP contribution is 2.35. The van der Waals surface area contributed by atoms with Crippen LogP contribution < -0.4 is 9.62 Å². The topological polar surface area (TPSA) is 83.6 Å². The van der Waals surface area contributed by atoms with Gasteiger partial charge >= 0.3 is 0 Å². The number of nitrogens with zero attached hydrogens (tertiary/aromatic N) is 1. The van der Waals surface area contributed by atoms with Crippen LogP contribution in [0.1, 0.15) is 38.8 Å². The number of halogens is 1. The maximum Gasteiger partial charge on any atom is 0.261 e. The molecule has 1 heterocycles. The van der Waals surface area contributed by atoms with Crippen LogP contribution in [0, 0.1) is 0 Å². The minimum absolute atomic E-state index is 0.0421. The molecule has 0 aromatic heterocycles. The van der Waals surface area contributed by atoms with Crippen LogP contribution >= 0.6 is 11.6 Å². The number of ketones is 1. The molecule has 1 aliphatic rings. The first-order valence-electron chi connectivity index (χ1n) is 11.7. The predicted molar refractivity (Wildman–Crippen MR) is 145 cm³/mol. The third-order valence-corrected chi connectivity index (χ3v) is 7.92. The lowest BCUT2D eigenvalue weighted by atomic mass is 10.0. The molecule has 1 N–H and O–H groups in total. The van der Waals surface area contributed by atoms with E-state index in [9.17, 15) is 18.0 Å². The third-order valence-electron chi connectivity index (χ3n) is 6.32. The molecule has 37 heavy (non-hydrogen) atoms. The van der Waals surface area contributed by atoms with Crippen molar-refractivity contribution in [1.29, 1.82) is 0 Å². The lowest BCUT2D eigenvalue weighted by molar-refractivity contribution is 0.0980. The Morgan fingerprint density at radius 1 is 0.865 bits per heavy atom. The van der Waals surface area contributed by atoms with Gasteiger partial charge in [0.15, 0.2) is 5.78 Å². The molecule has 4 aromatic carbocycles. The second-order valence-electron chi connectivity index (χ2n) is 8.88. The normalized spacial score (nSPS) is 14.8. The van der Waals surface area contributed by atoms with Gasteiger partial charge in [0.1, 0.15) is 0 Å². The number of sulfonamides is 1. The van der Waals surface area contributed by atoms with E-state index in [1.54, 1.807) is 59.5 Å². The number of carbonyl (C=O) groups is 2. The molecule has 1 atom stereocenters. The van der Waals surface area contributed by atoms with Gasteiger partial charge in [0.2, 0.25) is 0 Å². The van der Waals surface area contributed by atoms with E-state index >= 15 is 0 Å². The van der Waals surface area contributed by atoms with E-state index in [0.29, 0.717) is 28.3 Å². The van der Waals surface area contributed by atoms with Gasteiger partial charge in [-0.2, -0.15) is 0 Å². The molecule has 0 fully saturated rings. The standard InChI is InChI=1S/C29H23ClN2O4S/c1-19-16-22-17-24(13-15-27(22)32(19)29(34)21-10-6-3-7-11-21)37(35,36)31-26-14-12-23(30)18-25(26)28(33)20-8-4-2-5-9-20/h2-15,17-19,31H,16H2,1H3/t19-/m1/s1. The second-order valence-corrected chi connectivity index (χ2v) is 11.0. The van der Waals surface area contributed by atoms with Gasteiger partial charge < -0.3 is 4.90 Å².